The van der Waals surface area contributed by atoms with Crippen LogP contribution in [0.2, 0.25) is 0 Å². The van der Waals surface area contributed by atoms with Crippen LogP contribution in [0.15, 0.2) is 23.8 Å². The molecule has 0 aromatic rings. The molecule has 0 bridgehead atoms. The number of carboxylic acid groups (broad SMARTS) is 1. The van der Waals surface area contributed by atoms with Crippen LogP contribution in [-0.2, 0) is 23.9 Å². The summed E-state index contributed by atoms with van der Waals surface area (Å²) in [4.78, 5) is 50.9. The standard InChI is InChI=1S/C35H51NO6/c1-30(2)24-11-14-35(7)28(33(24,5)13-12-25(30)36-26(38)9-10-27(39)40)23(37)19-21-22-20-32(4,29(41)42-8)16-15-31(22,3)17-18-34(21,35)6/h9-10,19,22,24-25,28H,11-18,20H2,1-8H3,(H,36,38)(H,39,40)/b10-9-/t22-,24+,25?,28-,31-,32+,33+,34-,35-/m1/s1. The highest BCUT2D eigenvalue weighted by Crippen LogP contribution is 2.75. The number of esters is 1. The molecule has 0 saturated heterocycles. The van der Waals surface area contributed by atoms with Gasteiger partial charge in [0.25, 0.3) is 0 Å². The molecule has 1 unspecified atom stereocenters. The number of carboxylic acids is 1. The van der Waals surface area contributed by atoms with E-state index in [0.717, 1.165) is 69.9 Å². The fraction of sp³-hybridized carbons (Fsp3) is 0.771. The SMILES string of the molecule is COC(=O)[C@@]1(C)CC[C@]2(C)CC[C@]3(C)C(=CC(=O)[C@@H]4[C@@]5(C)CCC(NC(=O)/C=C\C(=O)O)C(C)(C)[C@@H]5CC[C@]43C)[C@H]2C1. The van der Waals surface area contributed by atoms with E-state index in [-0.39, 0.29) is 68.5 Å². The molecule has 232 valence electrons. The van der Waals surface area contributed by atoms with Crippen molar-refractivity contribution < 1.29 is 29.0 Å². The lowest BCUT2D eigenvalue weighted by Gasteiger charge is -2.70. The van der Waals surface area contributed by atoms with Gasteiger partial charge >= 0.3 is 11.9 Å². The van der Waals surface area contributed by atoms with E-state index < -0.39 is 11.4 Å². The normalized spacial score (nSPS) is 45.9. The predicted octanol–water partition coefficient (Wildman–Crippen LogP) is 6.27. The van der Waals surface area contributed by atoms with E-state index in [4.69, 9.17) is 9.84 Å². The third-order valence-electron chi connectivity index (χ3n) is 14.0. The minimum atomic E-state index is -1.14. The topological polar surface area (TPSA) is 110 Å². The van der Waals surface area contributed by atoms with Gasteiger partial charge in [-0.1, -0.05) is 47.1 Å². The van der Waals surface area contributed by atoms with Gasteiger partial charge in [-0.05, 0) is 110 Å². The molecule has 5 aliphatic carbocycles. The average Bonchev–Trinajstić information content (AvgIpc) is 2.90. The maximum Gasteiger partial charge on any atom is 0.328 e. The van der Waals surface area contributed by atoms with E-state index in [0.29, 0.717) is 0 Å². The lowest BCUT2D eigenvalue weighted by molar-refractivity contribution is -0.190. The van der Waals surface area contributed by atoms with E-state index in [1.165, 1.54) is 12.7 Å². The van der Waals surface area contributed by atoms with Gasteiger partial charge in [0.2, 0.25) is 5.91 Å². The van der Waals surface area contributed by atoms with Gasteiger partial charge in [0.1, 0.15) is 0 Å². The number of nitrogens with one attached hydrogen (secondary N) is 1. The Morgan fingerprint density at radius 1 is 0.929 bits per heavy atom. The quantitative estimate of drug-likeness (QED) is 0.299. The summed E-state index contributed by atoms with van der Waals surface area (Å²) in [6.07, 6.45) is 12.2. The number of carbonyl (C=O) groups excluding carboxylic acids is 3. The second-order valence-corrected chi connectivity index (χ2v) is 16.3. The van der Waals surface area contributed by atoms with E-state index in [9.17, 15) is 19.2 Å². The summed E-state index contributed by atoms with van der Waals surface area (Å²) in [6, 6.07) is -0.0973. The Bertz CT molecular complexity index is 1270. The highest BCUT2D eigenvalue weighted by molar-refractivity contribution is 5.96. The van der Waals surface area contributed by atoms with Gasteiger partial charge in [0.15, 0.2) is 5.78 Å². The number of rotatable bonds is 4. The average molecular weight is 582 g/mol. The maximum absolute atomic E-state index is 14.5. The highest BCUT2D eigenvalue weighted by Gasteiger charge is 2.70. The number of methoxy groups -OCH3 is 1. The first-order valence-corrected chi connectivity index (χ1v) is 15.9. The number of aliphatic carboxylic acids is 1. The molecular weight excluding hydrogens is 530 g/mol. The van der Waals surface area contributed by atoms with Crippen LogP contribution in [0.3, 0.4) is 0 Å². The Kier molecular flexibility index (Phi) is 7.22. The van der Waals surface area contributed by atoms with Crippen molar-refractivity contribution in [2.45, 2.75) is 112 Å². The number of amides is 1. The number of hydrogen-bond acceptors (Lipinski definition) is 5. The summed E-state index contributed by atoms with van der Waals surface area (Å²) in [5.74, 6) is -1.11. The molecule has 4 fully saturated rings. The van der Waals surface area contributed by atoms with Crippen molar-refractivity contribution in [3.63, 3.8) is 0 Å². The van der Waals surface area contributed by atoms with Crippen LogP contribution in [-0.4, -0.2) is 41.9 Å². The van der Waals surface area contributed by atoms with Crippen molar-refractivity contribution in [1.82, 2.24) is 5.32 Å². The number of allylic oxidation sites excluding steroid dienone is 2. The molecule has 0 aromatic carbocycles. The Morgan fingerprint density at radius 3 is 2.24 bits per heavy atom. The van der Waals surface area contributed by atoms with Gasteiger partial charge in [-0.25, -0.2) is 4.79 Å². The molecular formula is C35H51NO6. The summed E-state index contributed by atoms with van der Waals surface area (Å²) in [5.41, 5.74) is 0.0206. The molecule has 5 rings (SSSR count). The summed E-state index contributed by atoms with van der Waals surface area (Å²) in [7, 11) is 1.48. The molecule has 4 saturated carbocycles. The highest BCUT2D eigenvalue weighted by atomic mass is 16.5. The first-order valence-electron chi connectivity index (χ1n) is 15.9. The van der Waals surface area contributed by atoms with Crippen LogP contribution in [0.4, 0.5) is 0 Å². The summed E-state index contributed by atoms with van der Waals surface area (Å²) in [6.45, 7) is 16.0. The van der Waals surface area contributed by atoms with Crippen LogP contribution in [0.1, 0.15) is 106 Å². The van der Waals surface area contributed by atoms with Crippen molar-refractivity contribution in [2.75, 3.05) is 7.11 Å². The zero-order valence-corrected chi connectivity index (χ0v) is 26.9. The van der Waals surface area contributed by atoms with Gasteiger partial charge in [0, 0.05) is 24.1 Å². The van der Waals surface area contributed by atoms with Crippen LogP contribution in [0.5, 0.6) is 0 Å². The molecule has 7 heteroatoms. The minimum Gasteiger partial charge on any atom is -0.478 e. The second kappa shape index (κ2) is 9.79. The summed E-state index contributed by atoms with van der Waals surface area (Å²) < 4.78 is 5.26. The first-order chi connectivity index (χ1) is 19.4. The molecule has 0 aromatic heterocycles. The van der Waals surface area contributed by atoms with E-state index >= 15 is 0 Å². The molecule has 2 N–H and O–H groups in total. The number of hydrogen-bond donors (Lipinski definition) is 2. The zero-order chi connectivity index (χ0) is 31.1. The number of ketones is 1. The molecule has 42 heavy (non-hydrogen) atoms. The fourth-order valence-corrected chi connectivity index (χ4v) is 11.2. The maximum atomic E-state index is 14.5. The largest absolute Gasteiger partial charge is 0.478 e. The van der Waals surface area contributed by atoms with Gasteiger partial charge in [-0.15, -0.1) is 0 Å². The van der Waals surface area contributed by atoms with Crippen molar-refractivity contribution in [1.29, 1.82) is 0 Å². The fourth-order valence-electron chi connectivity index (χ4n) is 11.2. The zero-order valence-electron chi connectivity index (χ0n) is 26.9. The van der Waals surface area contributed by atoms with E-state index in [1.54, 1.807) is 0 Å². The molecule has 1 amide bonds. The second-order valence-electron chi connectivity index (χ2n) is 16.3. The summed E-state index contributed by atoms with van der Waals surface area (Å²) >= 11 is 0. The predicted molar refractivity (Wildman–Crippen MR) is 160 cm³/mol. The lowest BCUT2D eigenvalue weighted by atomic mass is 9.33. The lowest BCUT2D eigenvalue weighted by Crippen LogP contribution is -2.67. The smallest absolute Gasteiger partial charge is 0.328 e. The Balaban J connectivity index is 1.50. The van der Waals surface area contributed by atoms with Gasteiger partial charge in [-0.3, -0.25) is 14.4 Å². The van der Waals surface area contributed by atoms with E-state index in [1.807, 2.05) is 13.0 Å². The molecule has 7 nitrogen and oxygen atoms in total. The molecule has 0 heterocycles. The first kappa shape index (κ1) is 31.0. The Labute approximate surface area is 251 Å². The van der Waals surface area contributed by atoms with Crippen LogP contribution < -0.4 is 5.32 Å². The number of ether oxygens (including phenoxy) is 1. The molecule has 9 atom stereocenters. The molecule has 0 radical (unpaired) electrons. The van der Waals surface area contributed by atoms with Crippen LogP contribution in [0, 0.1) is 50.2 Å². The van der Waals surface area contributed by atoms with Gasteiger partial charge < -0.3 is 15.2 Å². The number of carbonyl (C=O) groups is 4. The molecule has 0 aliphatic heterocycles. The van der Waals surface area contributed by atoms with Crippen LogP contribution >= 0.6 is 0 Å². The van der Waals surface area contributed by atoms with Crippen molar-refractivity contribution in [3.8, 4) is 0 Å². The Hall–Kier alpha value is -2.44. The summed E-state index contributed by atoms with van der Waals surface area (Å²) in [5, 5.41) is 12.0. The third-order valence-corrected chi connectivity index (χ3v) is 14.0. The van der Waals surface area contributed by atoms with Crippen LogP contribution in [0.25, 0.3) is 0 Å². The molecule has 0 spiro atoms. The number of fused-ring (bicyclic) bond motifs is 7. The van der Waals surface area contributed by atoms with Crippen molar-refractivity contribution in [3.05, 3.63) is 23.8 Å². The van der Waals surface area contributed by atoms with E-state index in [2.05, 4.69) is 46.9 Å². The van der Waals surface area contributed by atoms with Gasteiger partial charge in [0.05, 0.1) is 12.5 Å². The minimum absolute atomic E-state index is 0.0802. The monoisotopic (exact) mass is 581 g/mol. The van der Waals surface area contributed by atoms with Crippen molar-refractivity contribution in [2.24, 2.45) is 50.2 Å². The third kappa shape index (κ3) is 4.26. The molecule has 5 aliphatic rings. The van der Waals surface area contributed by atoms with Crippen molar-refractivity contribution >= 4 is 23.6 Å². The van der Waals surface area contributed by atoms with Gasteiger partial charge in [-0.2, -0.15) is 0 Å². The Morgan fingerprint density at radius 2 is 1.60 bits per heavy atom.